The van der Waals surface area contributed by atoms with Gasteiger partial charge >= 0.3 is 0 Å². The monoisotopic (exact) mass is 262 g/mol. The molecule has 0 aliphatic rings. The molecule has 2 aromatic rings. The normalized spacial score (nSPS) is 12.9. The van der Waals surface area contributed by atoms with Crippen LogP contribution < -0.4 is 0 Å². The molecule has 0 bridgehead atoms. The van der Waals surface area contributed by atoms with E-state index in [4.69, 9.17) is 4.74 Å². The summed E-state index contributed by atoms with van der Waals surface area (Å²) < 4.78 is 5.29. The van der Waals surface area contributed by atoms with Crippen LogP contribution in [0.1, 0.15) is 43.4 Å². The molecule has 18 heavy (non-hydrogen) atoms. The Balaban J connectivity index is 2.23. The predicted octanol–water partition coefficient (Wildman–Crippen LogP) is 4.04. The van der Waals surface area contributed by atoms with Gasteiger partial charge in [0.2, 0.25) is 0 Å². The Bertz CT molecular complexity index is 505. The van der Waals surface area contributed by atoms with Gasteiger partial charge < -0.3 is 4.74 Å². The first-order valence-corrected chi connectivity index (χ1v) is 6.90. The first kappa shape index (κ1) is 13.2. The highest BCUT2D eigenvalue weighted by Gasteiger charge is 2.10. The van der Waals surface area contributed by atoms with Crippen LogP contribution in [0.4, 0.5) is 0 Å². The number of nitrogens with zero attached hydrogens (tertiary/aromatic N) is 2. The van der Waals surface area contributed by atoms with Crippen molar-refractivity contribution in [1.29, 1.82) is 0 Å². The number of ether oxygens (including phenoxy) is 1. The van der Waals surface area contributed by atoms with Crippen molar-refractivity contribution < 1.29 is 4.74 Å². The van der Waals surface area contributed by atoms with Crippen LogP contribution in [0, 0.1) is 0 Å². The molecule has 4 heteroatoms. The molecule has 0 saturated carbocycles. The highest BCUT2D eigenvalue weighted by Crippen LogP contribution is 2.28. The summed E-state index contributed by atoms with van der Waals surface area (Å²) in [7, 11) is 1.72. The van der Waals surface area contributed by atoms with Crippen molar-refractivity contribution in [2.24, 2.45) is 0 Å². The molecule has 1 heterocycles. The van der Waals surface area contributed by atoms with Crippen molar-refractivity contribution in [3.05, 3.63) is 34.8 Å². The molecular formula is C14H18N2OS. The van der Waals surface area contributed by atoms with Gasteiger partial charge in [-0.05, 0) is 12.5 Å². The van der Waals surface area contributed by atoms with E-state index in [-0.39, 0.29) is 6.10 Å². The fraction of sp³-hybridized carbons (Fsp3) is 0.429. The summed E-state index contributed by atoms with van der Waals surface area (Å²) in [6.07, 6.45) is 0.125. The van der Waals surface area contributed by atoms with E-state index in [0.29, 0.717) is 5.92 Å². The first-order valence-electron chi connectivity index (χ1n) is 6.08. The highest BCUT2D eigenvalue weighted by atomic mass is 32.1. The summed E-state index contributed by atoms with van der Waals surface area (Å²) in [5.74, 6) is 0.434. The molecule has 0 saturated heterocycles. The van der Waals surface area contributed by atoms with E-state index < -0.39 is 0 Å². The second-order valence-corrected chi connectivity index (χ2v) is 5.61. The molecule has 2 rings (SSSR count). The Morgan fingerprint density at radius 2 is 1.72 bits per heavy atom. The summed E-state index contributed by atoms with van der Waals surface area (Å²) in [4.78, 5) is 0. The zero-order valence-corrected chi connectivity index (χ0v) is 12.0. The van der Waals surface area contributed by atoms with E-state index in [2.05, 4.69) is 48.3 Å². The third-order valence-corrected chi connectivity index (χ3v) is 4.19. The van der Waals surface area contributed by atoms with Gasteiger partial charge in [0.25, 0.3) is 0 Å². The second-order valence-electron chi connectivity index (χ2n) is 4.60. The maximum atomic E-state index is 5.29. The molecule has 1 aromatic heterocycles. The van der Waals surface area contributed by atoms with Crippen molar-refractivity contribution in [2.75, 3.05) is 7.11 Å². The second kappa shape index (κ2) is 5.59. The molecule has 0 aliphatic heterocycles. The fourth-order valence-electron chi connectivity index (χ4n) is 1.62. The number of methoxy groups -OCH3 is 1. The van der Waals surface area contributed by atoms with Crippen molar-refractivity contribution in [3.8, 4) is 10.6 Å². The maximum absolute atomic E-state index is 5.29. The predicted molar refractivity (Wildman–Crippen MR) is 74.9 cm³/mol. The Morgan fingerprint density at radius 3 is 2.22 bits per heavy atom. The van der Waals surface area contributed by atoms with Gasteiger partial charge in [0.15, 0.2) is 0 Å². The van der Waals surface area contributed by atoms with Gasteiger partial charge in [0.1, 0.15) is 10.0 Å². The van der Waals surface area contributed by atoms with Crippen LogP contribution in [0.2, 0.25) is 0 Å². The zero-order valence-electron chi connectivity index (χ0n) is 11.2. The molecule has 0 amide bonds. The van der Waals surface area contributed by atoms with Crippen LogP contribution in [-0.2, 0) is 4.74 Å². The van der Waals surface area contributed by atoms with Crippen molar-refractivity contribution in [3.63, 3.8) is 0 Å². The van der Waals surface area contributed by atoms with Crippen molar-refractivity contribution in [1.82, 2.24) is 10.2 Å². The number of benzene rings is 1. The average molecular weight is 262 g/mol. The van der Waals surface area contributed by atoms with Crippen LogP contribution in [0.5, 0.6) is 0 Å². The van der Waals surface area contributed by atoms with Crippen LogP contribution >= 0.6 is 11.3 Å². The Morgan fingerprint density at radius 1 is 1.06 bits per heavy atom. The van der Waals surface area contributed by atoms with E-state index in [1.54, 1.807) is 18.4 Å². The van der Waals surface area contributed by atoms with Crippen LogP contribution in [0.25, 0.3) is 10.6 Å². The molecule has 0 spiro atoms. The van der Waals surface area contributed by atoms with Crippen molar-refractivity contribution >= 4 is 11.3 Å². The summed E-state index contributed by atoms with van der Waals surface area (Å²) in [5, 5.41) is 10.5. The molecule has 0 radical (unpaired) electrons. The molecule has 1 atom stereocenters. The highest BCUT2D eigenvalue weighted by molar-refractivity contribution is 7.14. The SMILES string of the molecule is COC(C)c1ccc(-c2nnc(C(C)C)s2)cc1. The van der Waals surface area contributed by atoms with Gasteiger partial charge in [-0.15, -0.1) is 10.2 Å². The molecular weight excluding hydrogens is 244 g/mol. The number of rotatable bonds is 4. The van der Waals surface area contributed by atoms with Gasteiger partial charge in [-0.25, -0.2) is 0 Å². The van der Waals surface area contributed by atoms with Crippen LogP contribution in [-0.4, -0.2) is 17.3 Å². The Labute approximate surface area is 112 Å². The van der Waals surface area contributed by atoms with E-state index in [0.717, 1.165) is 15.6 Å². The van der Waals surface area contributed by atoms with E-state index in [1.165, 1.54) is 5.56 Å². The van der Waals surface area contributed by atoms with Crippen molar-refractivity contribution in [2.45, 2.75) is 32.8 Å². The molecule has 0 N–H and O–H groups in total. The third kappa shape index (κ3) is 2.76. The van der Waals surface area contributed by atoms with Gasteiger partial charge in [0.05, 0.1) is 6.10 Å². The number of hydrogen-bond acceptors (Lipinski definition) is 4. The molecule has 0 aliphatic carbocycles. The maximum Gasteiger partial charge on any atom is 0.147 e. The molecule has 0 fully saturated rings. The lowest BCUT2D eigenvalue weighted by atomic mass is 10.1. The Kier molecular flexibility index (Phi) is 4.09. The van der Waals surface area contributed by atoms with E-state index >= 15 is 0 Å². The van der Waals surface area contributed by atoms with Gasteiger partial charge in [-0.2, -0.15) is 0 Å². The van der Waals surface area contributed by atoms with Crippen LogP contribution in [0.3, 0.4) is 0 Å². The topological polar surface area (TPSA) is 35.0 Å². The average Bonchev–Trinajstić information content (AvgIpc) is 2.88. The quantitative estimate of drug-likeness (QED) is 0.834. The summed E-state index contributed by atoms with van der Waals surface area (Å²) >= 11 is 1.66. The minimum absolute atomic E-state index is 0.125. The lowest BCUT2D eigenvalue weighted by Gasteiger charge is -2.09. The summed E-state index contributed by atoms with van der Waals surface area (Å²) in [5.41, 5.74) is 2.29. The lowest BCUT2D eigenvalue weighted by molar-refractivity contribution is 0.119. The third-order valence-electron chi connectivity index (χ3n) is 2.92. The zero-order chi connectivity index (χ0) is 13.1. The largest absolute Gasteiger partial charge is 0.377 e. The van der Waals surface area contributed by atoms with Gasteiger partial charge in [0, 0.05) is 18.6 Å². The van der Waals surface area contributed by atoms with E-state index in [1.807, 2.05) is 6.92 Å². The fourth-order valence-corrected chi connectivity index (χ4v) is 2.47. The smallest absolute Gasteiger partial charge is 0.147 e. The van der Waals surface area contributed by atoms with Crippen LogP contribution in [0.15, 0.2) is 24.3 Å². The summed E-state index contributed by atoms with van der Waals surface area (Å²) in [6.45, 7) is 6.30. The standard InChI is InChI=1S/C14H18N2OS/c1-9(2)13-15-16-14(18-13)12-7-5-11(6-8-12)10(3)17-4/h5-10H,1-4H3. The van der Waals surface area contributed by atoms with Gasteiger partial charge in [-0.3, -0.25) is 0 Å². The molecule has 1 unspecified atom stereocenters. The number of hydrogen-bond donors (Lipinski definition) is 0. The Hall–Kier alpha value is -1.26. The molecule has 96 valence electrons. The minimum atomic E-state index is 0.125. The van der Waals surface area contributed by atoms with Gasteiger partial charge in [-0.1, -0.05) is 49.4 Å². The molecule has 1 aromatic carbocycles. The van der Waals surface area contributed by atoms with E-state index in [9.17, 15) is 0 Å². The summed E-state index contributed by atoms with van der Waals surface area (Å²) in [6, 6.07) is 8.32. The number of aromatic nitrogens is 2. The molecule has 3 nitrogen and oxygen atoms in total. The minimum Gasteiger partial charge on any atom is -0.377 e. The lowest BCUT2D eigenvalue weighted by Crippen LogP contribution is -1.94. The first-order chi connectivity index (χ1) is 8.61.